The van der Waals surface area contributed by atoms with Gasteiger partial charge in [-0.15, -0.1) is 0 Å². The third-order valence-electron chi connectivity index (χ3n) is 11.9. The lowest BCUT2D eigenvalue weighted by Gasteiger charge is -2.19. The minimum atomic E-state index is -0.858. The number of nitrogens with one attached hydrogen (secondary N) is 1. The summed E-state index contributed by atoms with van der Waals surface area (Å²) in [5, 5.41) is 23.1. The Balaban J connectivity index is 3.50. The maximum Gasteiger partial charge on any atom is 0.220 e. The Hall–Kier alpha value is -1.13. The summed E-state index contributed by atoms with van der Waals surface area (Å²) in [6.45, 7) is 4.32. The smallest absolute Gasteiger partial charge is 0.220 e. The SMILES string of the molecule is CCCCCCCCCCCCCCCCCCCCCCCCC/C=C/CC/C=C/C(O)C(CO)NC(=O)CCCCCCCCCCCCCCCCC. The number of allylic oxidation sites excluding steroid dienone is 3. The molecule has 0 spiro atoms. The molecule has 3 N–H and O–H groups in total. The molecular weight excluding hydrogens is 687 g/mol. The van der Waals surface area contributed by atoms with Crippen molar-refractivity contribution in [3.8, 4) is 0 Å². The molecular formula is C52H101NO3. The van der Waals surface area contributed by atoms with Gasteiger partial charge < -0.3 is 15.5 Å². The Bertz CT molecular complexity index is 810. The van der Waals surface area contributed by atoms with E-state index >= 15 is 0 Å². The Morgan fingerprint density at radius 1 is 0.411 bits per heavy atom. The van der Waals surface area contributed by atoms with Crippen LogP contribution in [0.5, 0.6) is 0 Å². The number of amides is 1. The molecule has 4 nitrogen and oxygen atoms in total. The van der Waals surface area contributed by atoms with Gasteiger partial charge in [0.15, 0.2) is 0 Å². The zero-order valence-corrected chi connectivity index (χ0v) is 38.2. The number of rotatable bonds is 47. The minimum absolute atomic E-state index is 0.0697. The summed E-state index contributed by atoms with van der Waals surface area (Å²) >= 11 is 0. The van der Waals surface area contributed by atoms with Crippen molar-refractivity contribution in [3.05, 3.63) is 24.3 Å². The predicted octanol–water partition coefficient (Wildman–Crippen LogP) is 16.4. The van der Waals surface area contributed by atoms with E-state index in [1.807, 2.05) is 6.08 Å². The molecule has 0 aliphatic carbocycles. The van der Waals surface area contributed by atoms with Crippen LogP contribution in [0.15, 0.2) is 24.3 Å². The molecule has 0 saturated carbocycles. The van der Waals surface area contributed by atoms with Gasteiger partial charge in [-0.2, -0.15) is 0 Å². The molecule has 0 aromatic rings. The summed E-state index contributed by atoms with van der Waals surface area (Å²) in [5.41, 5.74) is 0. The van der Waals surface area contributed by atoms with Crippen molar-refractivity contribution in [2.45, 2.75) is 296 Å². The summed E-state index contributed by atoms with van der Waals surface area (Å²) < 4.78 is 0. The molecule has 4 heteroatoms. The average Bonchev–Trinajstić information content (AvgIpc) is 3.20. The van der Waals surface area contributed by atoms with Gasteiger partial charge in [0.05, 0.1) is 18.8 Å². The van der Waals surface area contributed by atoms with Gasteiger partial charge in [-0.1, -0.05) is 269 Å². The first-order chi connectivity index (χ1) is 27.7. The molecule has 0 fully saturated rings. The van der Waals surface area contributed by atoms with E-state index in [0.717, 1.165) is 32.1 Å². The summed E-state index contributed by atoms with van der Waals surface area (Å²) in [5.74, 6) is -0.0697. The Morgan fingerprint density at radius 3 is 1.04 bits per heavy atom. The van der Waals surface area contributed by atoms with Crippen molar-refractivity contribution in [3.63, 3.8) is 0 Å². The van der Waals surface area contributed by atoms with Crippen molar-refractivity contribution in [2.24, 2.45) is 0 Å². The van der Waals surface area contributed by atoms with Gasteiger partial charge in [-0.25, -0.2) is 0 Å². The molecule has 0 aliphatic heterocycles. The zero-order valence-electron chi connectivity index (χ0n) is 38.2. The van der Waals surface area contributed by atoms with E-state index in [0.29, 0.717) is 6.42 Å². The number of hydrogen-bond donors (Lipinski definition) is 3. The van der Waals surface area contributed by atoms with Crippen molar-refractivity contribution in [1.82, 2.24) is 5.32 Å². The van der Waals surface area contributed by atoms with Crippen LogP contribution < -0.4 is 5.32 Å². The first kappa shape index (κ1) is 54.9. The third-order valence-corrected chi connectivity index (χ3v) is 11.9. The first-order valence-corrected chi connectivity index (χ1v) is 25.6. The lowest BCUT2D eigenvalue weighted by Crippen LogP contribution is -2.45. The van der Waals surface area contributed by atoms with Crippen molar-refractivity contribution >= 4 is 5.91 Å². The summed E-state index contributed by atoms with van der Waals surface area (Å²) in [6.07, 6.45) is 63.3. The second-order valence-electron chi connectivity index (χ2n) is 17.6. The number of aliphatic hydroxyl groups is 2. The molecule has 0 aromatic heterocycles. The minimum Gasteiger partial charge on any atom is -0.394 e. The monoisotopic (exact) mass is 788 g/mol. The maximum atomic E-state index is 12.4. The third kappa shape index (κ3) is 44.0. The molecule has 2 unspecified atom stereocenters. The first-order valence-electron chi connectivity index (χ1n) is 25.6. The van der Waals surface area contributed by atoms with E-state index in [4.69, 9.17) is 0 Å². The molecule has 0 bridgehead atoms. The quantitative estimate of drug-likeness (QED) is 0.0425. The van der Waals surface area contributed by atoms with Crippen molar-refractivity contribution < 1.29 is 15.0 Å². The van der Waals surface area contributed by atoms with E-state index in [2.05, 4.69) is 31.3 Å². The largest absolute Gasteiger partial charge is 0.394 e. The fourth-order valence-electron chi connectivity index (χ4n) is 8.02. The van der Waals surface area contributed by atoms with Crippen LogP contribution in [0, 0.1) is 0 Å². The fourth-order valence-corrected chi connectivity index (χ4v) is 8.02. The number of aliphatic hydroxyl groups excluding tert-OH is 2. The number of hydrogen-bond acceptors (Lipinski definition) is 3. The van der Waals surface area contributed by atoms with Crippen LogP contribution in [-0.2, 0) is 4.79 Å². The topological polar surface area (TPSA) is 69.6 Å². The second kappa shape index (κ2) is 48.2. The maximum absolute atomic E-state index is 12.4. The normalized spacial score (nSPS) is 13.0. The van der Waals surface area contributed by atoms with Crippen LogP contribution in [0.3, 0.4) is 0 Å². The van der Waals surface area contributed by atoms with Gasteiger partial charge in [0, 0.05) is 6.42 Å². The Labute approximate surface area is 351 Å². The van der Waals surface area contributed by atoms with Gasteiger partial charge in [-0.3, -0.25) is 4.79 Å². The van der Waals surface area contributed by atoms with Crippen molar-refractivity contribution in [2.75, 3.05) is 6.61 Å². The molecule has 0 aromatic carbocycles. The molecule has 1 amide bonds. The van der Waals surface area contributed by atoms with Crippen molar-refractivity contribution in [1.29, 1.82) is 0 Å². The number of carbonyl (C=O) groups excluding carboxylic acids is 1. The highest BCUT2D eigenvalue weighted by molar-refractivity contribution is 5.76. The van der Waals surface area contributed by atoms with Crippen LogP contribution in [-0.4, -0.2) is 34.9 Å². The van der Waals surface area contributed by atoms with Crippen LogP contribution in [0.25, 0.3) is 0 Å². The Morgan fingerprint density at radius 2 is 0.696 bits per heavy atom. The van der Waals surface area contributed by atoms with Gasteiger partial charge in [0.2, 0.25) is 5.91 Å². The fraction of sp³-hybridized carbons (Fsp3) is 0.904. The summed E-state index contributed by atoms with van der Waals surface area (Å²) in [7, 11) is 0. The van der Waals surface area contributed by atoms with Crippen LogP contribution in [0.2, 0.25) is 0 Å². The second-order valence-corrected chi connectivity index (χ2v) is 17.6. The number of unbranched alkanes of at least 4 members (excludes halogenated alkanes) is 38. The molecule has 0 radical (unpaired) electrons. The van der Waals surface area contributed by atoms with E-state index in [1.165, 1.54) is 231 Å². The lowest BCUT2D eigenvalue weighted by molar-refractivity contribution is -0.123. The van der Waals surface area contributed by atoms with E-state index in [-0.39, 0.29) is 12.5 Å². The van der Waals surface area contributed by atoms with Gasteiger partial charge >= 0.3 is 0 Å². The van der Waals surface area contributed by atoms with Crippen LogP contribution in [0.1, 0.15) is 284 Å². The molecule has 2 atom stereocenters. The van der Waals surface area contributed by atoms with E-state index < -0.39 is 12.1 Å². The summed E-state index contributed by atoms with van der Waals surface area (Å²) in [4.78, 5) is 12.4. The standard InChI is InChI=1S/C52H101NO3/c1-3-5-7-9-11-13-15-17-19-20-21-22-23-24-25-26-27-28-29-30-31-32-34-35-37-39-41-43-45-47-51(55)50(49-54)53-52(56)48-46-44-42-40-38-36-33-18-16-14-12-10-8-6-4-2/h37,39,45,47,50-51,54-55H,3-36,38,40-44,46,48-49H2,1-2H3,(H,53,56)/b39-37+,47-45+. The average molecular weight is 788 g/mol. The molecule has 332 valence electrons. The zero-order chi connectivity index (χ0) is 40.7. The number of carbonyl (C=O) groups is 1. The van der Waals surface area contributed by atoms with Crippen LogP contribution in [0.4, 0.5) is 0 Å². The van der Waals surface area contributed by atoms with E-state index in [1.54, 1.807) is 6.08 Å². The van der Waals surface area contributed by atoms with Crippen LogP contribution >= 0.6 is 0 Å². The lowest BCUT2D eigenvalue weighted by atomic mass is 10.0. The molecule has 0 aliphatic rings. The predicted molar refractivity (Wildman–Crippen MR) is 249 cm³/mol. The van der Waals surface area contributed by atoms with E-state index in [9.17, 15) is 15.0 Å². The molecule has 0 saturated heterocycles. The summed E-state index contributed by atoms with van der Waals surface area (Å²) in [6, 6.07) is -0.635. The Kier molecular flexibility index (Phi) is 47.3. The molecule has 0 heterocycles. The van der Waals surface area contributed by atoms with Gasteiger partial charge in [0.25, 0.3) is 0 Å². The van der Waals surface area contributed by atoms with Gasteiger partial charge in [-0.05, 0) is 32.1 Å². The highest BCUT2D eigenvalue weighted by Crippen LogP contribution is 2.17. The van der Waals surface area contributed by atoms with Gasteiger partial charge in [0.1, 0.15) is 0 Å². The molecule has 56 heavy (non-hydrogen) atoms. The highest BCUT2D eigenvalue weighted by Gasteiger charge is 2.17. The highest BCUT2D eigenvalue weighted by atomic mass is 16.3. The molecule has 0 rings (SSSR count).